The maximum Gasteiger partial charge on any atom is 0.347 e. The number of aryl methyl sites for hydroxylation is 1. The van der Waals surface area contributed by atoms with Crippen molar-refractivity contribution in [3.63, 3.8) is 0 Å². The topological polar surface area (TPSA) is 88.8 Å². The highest BCUT2D eigenvalue weighted by Gasteiger charge is 2.65. The van der Waals surface area contributed by atoms with Gasteiger partial charge in [0.15, 0.2) is 5.17 Å². The molecule has 4 aromatic rings. The monoisotopic (exact) mass is 669 g/mol. The molecule has 0 spiro atoms. The highest BCUT2D eigenvalue weighted by Crippen LogP contribution is 3.02. The van der Waals surface area contributed by atoms with Crippen molar-refractivity contribution >= 4 is 50.5 Å². The van der Waals surface area contributed by atoms with Crippen molar-refractivity contribution in [2.75, 3.05) is 22.6 Å². The van der Waals surface area contributed by atoms with Gasteiger partial charge in [-0.25, -0.2) is 14.2 Å². The van der Waals surface area contributed by atoms with Gasteiger partial charge in [0.05, 0.1) is 35.8 Å². The lowest BCUT2D eigenvalue weighted by atomic mass is 10.1. The average molecular weight is 670 g/mol. The number of imidazole rings is 1. The van der Waals surface area contributed by atoms with E-state index in [1.807, 2.05) is 19.9 Å². The number of amidine groups is 1. The number of nitrogens with one attached hydrogen (secondary N) is 1. The number of hydrogen-bond donors (Lipinski definition) is 1. The van der Waals surface area contributed by atoms with Crippen molar-refractivity contribution in [1.82, 2.24) is 9.55 Å². The summed E-state index contributed by atoms with van der Waals surface area (Å²) in [5.41, 5.74) is 1.70. The number of benzene rings is 3. The second-order valence-corrected chi connectivity index (χ2v) is 13.3. The Morgan fingerprint density at radius 1 is 1.07 bits per heavy atom. The average Bonchev–Trinajstić information content (AvgIpc) is 3.59. The SMILES string of the molecule is CCCOc1ccc(C)cc1N1C(=O)CSC1=NC(=O)Nc1ccc(-c2cn(-c3ccc(S(F)(F)(F)(F)F)cc3)cn2)cc1F. The van der Waals surface area contributed by atoms with Crippen LogP contribution in [0.3, 0.4) is 0 Å². The first kappa shape index (κ1) is 32.0. The molecule has 1 aliphatic rings. The molecule has 238 valence electrons. The van der Waals surface area contributed by atoms with Crippen molar-refractivity contribution in [2.45, 2.75) is 25.2 Å². The molecule has 0 aliphatic carbocycles. The van der Waals surface area contributed by atoms with E-state index in [-0.39, 0.29) is 51.6 Å². The molecular weight excluding hydrogens is 644 g/mol. The van der Waals surface area contributed by atoms with Gasteiger partial charge in [0.2, 0.25) is 5.91 Å². The smallest absolute Gasteiger partial charge is 0.347 e. The van der Waals surface area contributed by atoms with Gasteiger partial charge < -0.3 is 14.6 Å². The summed E-state index contributed by atoms with van der Waals surface area (Å²) in [6.07, 6.45) is 3.35. The molecule has 5 rings (SSSR count). The molecule has 0 radical (unpaired) electrons. The number of aliphatic imine (C=N–C) groups is 1. The molecule has 0 bridgehead atoms. The zero-order valence-corrected chi connectivity index (χ0v) is 25.3. The van der Waals surface area contributed by atoms with E-state index in [0.29, 0.717) is 18.0 Å². The Labute approximate surface area is 257 Å². The number of halogens is 6. The number of anilines is 2. The van der Waals surface area contributed by atoms with E-state index in [0.717, 1.165) is 41.9 Å². The van der Waals surface area contributed by atoms with Gasteiger partial charge in [-0.15, -0.1) is 0 Å². The second kappa shape index (κ2) is 11.2. The van der Waals surface area contributed by atoms with Gasteiger partial charge in [0, 0.05) is 17.4 Å². The van der Waals surface area contributed by atoms with Gasteiger partial charge in [0.1, 0.15) is 16.5 Å². The quantitative estimate of drug-likeness (QED) is 0.189. The third kappa shape index (κ3) is 7.28. The molecular formula is C29H25F6N5O3S2. The Morgan fingerprint density at radius 2 is 1.80 bits per heavy atom. The number of ether oxygens (including phenoxy) is 1. The minimum absolute atomic E-state index is 0.0448. The molecule has 16 heteroatoms. The summed E-state index contributed by atoms with van der Waals surface area (Å²) in [6, 6.07) is 10.5. The molecule has 3 aromatic carbocycles. The summed E-state index contributed by atoms with van der Waals surface area (Å²) in [6.45, 7) is 4.21. The van der Waals surface area contributed by atoms with E-state index < -0.39 is 27.0 Å². The van der Waals surface area contributed by atoms with Gasteiger partial charge in [-0.2, -0.15) is 4.99 Å². The Bertz CT molecular complexity index is 1830. The van der Waals surface area contributed by atoms with Crippen molar-refractivity contribution in [2.24, 2.45) is 4.99 Å². The molecule has 1 aromatic heterocycles. The first-order valence-corrected chi connectivity index (χ1v) is 16.2. The van der Waals surface area contributed by atoms with Crippen molar-refractivity contribution < 1.29 is 38.1 Å². The normalized spacial score (nSPS) is 16.0. The molecule has 0 saturated carbocycles. The van der Waals surface area contributed by atoms with E-state index in [4.69, 9.17) is 4.74 Å². The molecule has 1 saturated heterocycles. The lowest BCUT2D eigenvalue weighted by Gasteiger charge is -2.40. The Balaban J connectivity index is 1.32. The van der Waals surface area contributed by atoms with E-state index >= 15 is 4.39 Å². The number of urea groups is 1. The van der Waals surface area contributed by atoms with Crippen LogP contribution in [0.4, 0.5) is 40.0 Å². The molecule has 3 amide bonds. The first-order valence-electron chi connectivity index (χ1n) is 13.3. The van der Waals surface area contributed by atoms with Crippen molar-refractivity contribution in [1.29, 1.82) is 0 Å². The van der Waals surface area contributed by atoms with E-state index in [2.05, 4.69) is 15.3 Å². The van der Waals surface area contributed by atoms with Crippen LogP contribution in [0.5, 0.6) is 5.75 Å². The third-order valence-corrected chi connectivity index (χ3v) is 8.54. The summed E-state index contributed by atoms with van der Waals surface area (Å²) in [5.74, 6) is -0.638. The van der Waals surface area contributed by atoms with Crippen LogP contribution in [0.2, 0.25) is 0 Å². The predicted octanol–water partition coefficient (Wildman–Crippen LogP) is 9.10. The number of thioether (sulfide) groups is 1. The van der Waals surface area contributed by atoms with Crippen LogP contribution < -0.4 is 15.0 Å². The Hall–Kier alpha value is -4.44. The Kier molecular flexibility index (Phi) is 7.94. The van der Waals surface area contributed by atoms with Crippen LogP contribution in [-0.2, 0) is 4.79 Å². The lowest BCUT2D eigenvalue weighted by Crippen LogP contribution is -2.31. The Morgan fingerprint density at radius 3 is 2.47 bits per heavy atom. The standard InChI is InChI=1S/C29H25F6N5O3S2/c1-3-12-43-26-11-4-18(2)13-25(26)40-27(41)16-44-29(40)38-28(42)37-23-10-5-19(14-22(23)30)24-15-39(17-36-24)20-6-8-21(9-7-20)45(31,32,33,34)35/h4-11,13-15,17H,3,12,16H2,1-2H3,(H,37,42). The van der Waals surface area contributed by atoms with E-state index in [1.165, 1.54) is 34.1 Å². The summed E-state index contributed by atoms with van der Waals surface area (Å²) in [4.78, 5) is 32.9. The highest BCUT2D eigenvalue weighted by atomic mass is 32.5. The zero-order chi connectivity index (χ0) is 32.6. The van der Waals surface area contributed by atoms with Gasteiger partial charge in [-0.05, 0) is 67.4 Å². The van der Waals surface area contributed by atoms with Crippen LogP contribution >= 0.6 is 22.0 Å². The fourth-order valence-corrected chi connectivity index (χ4v) is 5.82. The van der Waals surface area contributed by atoms with Gasteiger partial charge >= 0.3 is 16.3 Å². The van der Waals surface area contributed by atoms with Crippen LogP contribution in [-0.4, -0.2) is 39.0 Å². The number of rotatable bonds is 8. The minimum Gasteiger partial charge on any atom is -0.491 e. The van der Waals surface area contributed by atoms with Gasteiger partial charge in [-0.1, -0.05) is 50.2 Å². The molecule has 45 heavy (non-hydrogen) atoms. The third-order valence-electron chi connectivity index (χ3n) is 6.45. The van der Waals surface area contributed by atoms with Crippen molar-refractivity contribution in [3.05, 3.63) is 84.6 Å². The fourth-order valence-electron chi connectivity index (χ4n) is 4.31. The summed E-state index contributed by atoms with van der Waals surface area (Å²) in [5, 5.41) is 2.46. The van der Waals surface area contributed by atoms with Crippen molar-refractivity contribution in [3.8, 4) is 22.7 Å². The molecule has 1 aliphatic heterocycles. The fraction of sp³-hybridized carbons (Fsp3) is 0.172. The molecule has 8 nitrogen and oxygen atoms in total. The first-order chi connectivity index (χ1) is 21.0. The summed E-state index contributed by atoms with van der Waals surface area (Å²) in [7, 11) is -9.81. The zero-order valence-electron chi connectivity index (χ0n) is 23.6. The van der Waals surface area contributed by atoms with Gasteiger partial charge in [0.25, 0.3) is 0 Å². The van der Waals surface area contributed by atoms with E-state index in [9.17, 15) is 29.0 Å². The van der Waals surface area contributed by atoms with Crippen LogP contribution in [0.15, 0.2) is 83.1 Å². The molecule has 0 unspecified atom stereocenters. The molecule has 0 atom stereocenters. The van der Waals surface area contributed by atoms with Crippen LogP contribution in [0, 0.1) is 12.7 Å². The van der Waals surface area contributed by atoms with Gasteiger partial charge in [-0.3, -0.25) is 9.69 Å². The number of carbonyl (C=O) groups excluding carboxylic acids is 2. The maximum atomic E-state index is 15.0. The van der Waals surface area contributed by atoms with Crippen LogP contribution in [0.1, 0.15) is 18.9 Å². The number of hydrogen-bond acceptors (Lipinski definition) is 5. The largest absolute Gasteiger partial charge is 0.491 e. The second-order valence-electron chi connectivity index (χ2n) is 9.99. The number of amides is 3. The summed E-state index contributed by atoms with van der Waals surface area (Å²) >= 11 is 1.05. The van der Waals surface area contributed by atoms with Crippen LogP contribution in [0.25, 0.3) is 16.9 Å². The maximum absolute atomic E-state index is 15.0. The number of carbonyl (C=O) groups is 2. The minimum atomic E-state index is -9.81. The summed E-state index contributed by atoms with van der Waals surface area (Å²) < 4.78 is 87.2. The number of nitrogens with zero attached hydrogens (tertiary/aromatic N) is 4. The highest BCUT2D eigenvalue weighted by molar-refractivity contribution is 8.45. The number of aromatic nitrogens is 2. The van der Waals surface area contributed by atoms with E-state index in [1.54, 1.807) is 12.1 Å². The predicted molar refractivity (Wildman–Crippen MR) is 164 cm³/mol. The lowest BCUT2D eigenvalue weighted by molar-refractivity contribution is -0.115. The molecule has 1 fully saturated rings. The molecule has 1 N–H and O–H groups in total. The molecule has 2 heterocycles.